The van der Waals surface area contributed by atoms with E-state index in [4.69, 9.17) is 17.3 Å². The molecule has 1 heterocycles. The maximum absolute atomic E-state index is 6.12. The van der Waals surface area contributed by atoms with Gasteiger partial charge in [-0.1, -0.05) is 29.8 Å². The standard InChI is InChI=1S/C13H15ClN2S/c1-9(15)6-11-8-16-13(17-11)7-10-4-2-3-5-12(10)14/h2-5,8-9H,6-7,15H2,1H3. The first-order valence-electron chi connectivity index (χ1n) is 5.57. The Labute approximate surface area is 110 Å². The Balaban J connectivity index is 2.09. The Bertz CT molecular complexity index is 494. The summed E-state index contributed by atoms with van der Waals surface area (Å²) in [6.45, 7) is 2.01. The number of benzene rings is 1. The summed E-state index contributed by atoms with van der Waals surface area (Å²) >= 11 is 7.84. The highest BCUT2D eigenvalue weighted by atomic mass is 35.5. The molecular formula is C13H15ClN2S. The summed E-state index contributed by atoms with van der Waals surface area (Å²) in [4.78, 5) is 5.65. The van der Waals surface area contributed by atoms with Gasteiger partial charge in [-0.15, -0.1) is 11.3 Å². The number of nitrogens with zero attached hydrogens (tertiary/aromatic N) is 1. The predicted molar refractivity (Wildman–Crippen MR) is 73.7 cm³/mol. The van der Waals surface area contributed by atoms with Gasteiger partial charge in [0.25, 0.3) is 0 Å². The van der Waals surface area contributed by atoms with E-state index < -0.39 is 0 Å². The van der Waals surface area contributed by atoms with Crippen molar-refractivity contribution in [3.05, 3.63) is 50.9 Å². The van der Waals surface area contributed by atoms with Crippen molar-refractivity contribution in [3.8, 4) is 0 Å². The lowest BCUT2D eigenvalue weighted by Crippen LogP contribution is -2.16. The van der Waals surface area contributed by atoms with Crippen molar-refractivity contribution in [1.29, 1.82) is 0 Å². The van der Waals surface area contributed by atoms with Crippen molar-refractivity contribution >= 4 is 22.9 Å². The summed E-state index contributed by atoms with van der Waals surface area (Å²) in [6.07, 6.45) is 3.60. The van der Waals surface area contributed by atoms with Crippen LogP contribution in [0.2, 0.25) is 5.02 Å². The van der Waals surface area contributed by atoms with Gasteiger partial charge in [-0.05, 0) is 25.0 Å². The van der Waals surface area contributed by atoms with Gasteiger partial charge >= 0.3 is 0 Å². The molecule has 0 fully saturated rings. The van der Waals surface area contributed by atoms with Crippen molar-refractivity contribution in [1.82, 2.24) is 4.98 Å². The fourth-order valence-electron chi connectivity index (χ4n) is 1.65. The molecule has 1 unspecified atom stereocenters. The first kappa shape index (κ1) is 12.6. The fraction of sp³-hybridized carbons (Fsp3) is 0.308. The number of halogens is 1. The molecule has 0 aliphatic heterocycles. The van der Waals surface area contributed by atoms with E-state index in [9.17, 15) is 0 Å². The maximum Gasteiger partial charge on any atom is 0.0972 e. The Morgan fingerprint density at radius 2 is 2.18 bits per heavy atom. The smallest absolute Gasteiger partial charge is 0.0972 e. The Morgan fingerprint density at radius 3 is 2.88 bits per heavy atom. The molecular weight excluding hydrogens is 252 g/mol. The molecule has 2 N–H and O–H groups in total. The molecule has 0 radical (unpaired) electrons. The average molecular weight is 267 g/mol. The predicted octanol–water partition coefficient (Wildman–Crippen LogP) is 3.28. The molecule has 1 aromatic heterocycles. The zero-order valence-corrected chi connectivity index (χ0v) is 11.3. The molecule has 2 rings (SSSR count). The van der Waals surface area contributed by atoms with Crippen LogP contribution < -0.4 is 5.73 Å². The number of rotatable bonds is 4. The number of hydrogen-bond donors (Lipinski definition) is 1. The van der Waals surface area contributed by atoms with Crippen LogP contribution in [0.1, 0.15) is 22.4 Å². The van der Waals surface area contributed by atoms with Crippen LogP contribution in [0.5, 0.6) is 0 Å². The highest BCUT2D eigenvalue weighted by molar-refractivity contribution is 7.11. The van der Waals surface area contributed by atoms with E-state index in [0.29, 0.717) is 0 Å². The topological polar surface area (TPSA) is 38.9 Å². The van der Waals surface area contributed by atoms with E-state index in [1.165, 1.54) is 4.88 Å². The third-order valence-corrected chi connectivity index (χ3v) is 3.81. The van der Waals surface area contributed by atoms with E-state index in [1.54, 1.807) is 11.3 Å². The highest BCUT2D eigenvalue weighted by Gasteiger charge is 2.07. The molecule has 1 atom stereocenters. The van der Waals surface area contributed by atoms with Crippen LogP contribution in [0.15, 0.2) is 30.5 Å². The molecule has 0 amide bonds. The van der Waals surface area contributed by atoms with Gasteiger partial charge in [-0.3, -0.25) is 0 Å². The number of nitrogens with two attached hydrogens (primary N) is 1. The largest absolute Gasteiger partial charge is 0.328 e. The highest BCUT2D eigenvalue weighted by Crippen LogP contribution is 2.22. The average Bonchev–Trinajstić information content (AvgIpc) is 2.68. The van der Waals surface area contributed by atoms with Crippen molar-refractivity contribution in [3.63, 3.8) is 0 Å². The van der Waals surface area contributed by atoms with Crippen molar-refractivity contribution in [2.45, 2.75) is 25.8 Å². The van der Waals surface area contributed by atoms with Crippen LogP contribution in [0.25, 0.3) is 0 Å². The van der Waals surface area contributed by atoms with E-state index in [0.717, 1.165) is 28.4 Å². The van der Waals surface area contributed by atoms with Crippen molar-refractivity contribution < 1.29 is 0 Å². The lowest BCUT2D eigenvalue weighted by Gasteiger charge is -2.01. The Hall–Kier alpha value is -0.900. The zero-order valence-electron chi connectivity index (χ0n) is 9.69. The molecule has 2 nitrogen and oxygen atoms in total. The van der Waals surface area contributed by atoms with Crippen LogP contribution in [-0.2, 0) is 12.8 Å². The molecule has 0 bridgehead atoms. The van der Waals surface area contributed by atoms with Gasteiger partial charge in [0.1, 0.15) is 0 Å². The van der Waals surface area contributed by atoms with E-state index in [-0.39, 0.29) is 6.04 Å². The Kier molecular flexibility index (Phi) is 4.15. The lowest BCUT2D eigenvalue weighted by atomic mass is 10.2. The summed E-state index contributed by atoms with van der Waals surface area (Å²) in [6, 6.07) is 8.07. The molecule has 90 valence electrons. The Morgan fingerprint density at radius 1 is 1.41 bits per heavy atom. The molecule has 0 saturated carbocycles. The lowest BCUT2D eigenvalue weighted by molar-refractivity contribution is 0.745. The summed E-state index contributed by atoms with van der Waals surface area (Å²) in [7, 11) is 0. The van der Waals surface area contributed by atoms with Gasteiger partial charge < -0.3 is 5.73 Å². The van der Waals surface area contributed by atoms with E-state index in [2.05, 4.69) is 4.98 Å². The molecule has 0 spiro atoms. The summed E-state index contributed by atoms with van der Waals surface area (Å²) in [5.41, 5.74) is 6.89. The minimum Gasteiger partial charge on any atom is -0.328 e. The normalized spacial score (nSPS) is 12.6. The van der Waals surface area contributed by atoms with Crippen LogP contribution in [0, 0.1) is 0 Å². The van der Waals surface area contributed by atoms with Gasteiger partial charge in [0.2, 0.25) is 0 Å². The number of thiazole rings is 1. The molecule has 1 aromatic carbocycles. The summed E-state index contributed by atoms with van der Waals surface area (Å²) < 4.78 is 0. The molecule has 2 aromatic rings. The van der Waals surface area contributed by atoms with Gasteiger partial charge in [-0.25, -0.2) is 4.98 Å². The first-order valence-corrected chi connectivity index (χ1v) is 6.77. The minimum absolute atomic E-state index is 0.184. The summed E-state index contributed by atoms with van der Waals surface area (Å²) in [5.74, 6) is 0. The van der Waals surface area contributed by atoms with Crippen molar-refractivity contribution in [2.24, 2.45) is 5.73 Å². The molecule has 4 heteroatoms. The second kappa shape index (κ2) is 5.63. The van der Waals surface area contributed by atoms with Crippen LogP contribution >= 0.6 is 22.9 Å². The van der Waals surface area contributed by atoms with Crippen molar-refractivity contribution in [2.75, 3.05) is 0 Å². The first-order chi connectivity index (χ1) is 8.15. The third-order valence-electron chi connectivity index (χ3n) is 2.42. The van der Waals surface area contributed by atoms with Crippen LogP contribution in [-0.4, -0.2) is 11.0 Å². The van der Waals surface area contributed by atoms with E-state index >= 15 is 0 Å². The maximum atomic E-state index is 6.12. The molecule has 0 saturated heterocycles. The minimum atomic E-state index is 0.184. The monoisotopic (exact) mass is 266 g/mol. The second-order valence-corrected chi connectivity index (χ2v) is 5.78. The zero-order chi connectivity index (χ0) is 12.3. The quantitative estimate of drug-likeness (QED) is 0.922. The summed E-state index contributed by atoms with van der Waals surface area (Å²) in [5, 5.41) is 1.89. The SMILES string of the molecule is CC(N)Cc1cnc(Cc2ccccc2Cl)s1. The van der Waals surface area contributed by atoms with Gasteiger partial charge in [0.05, 0.1) is 5.01 Å². The molecule has 17 heavy (non-hydrogen) atoms. The van der Waals surface area contributed by atoms with Crippen LogP contribution in [0.3, 0.4) is 0 Å². The van der Waals surface area contributed by atoms with E-state index in [1.807, 2.05) is 37.4 Å². The fourth-order valence-corrected chi connectivity index (χ4v) is 2.94. The molecule has 0 aliphatic rings. The number of aromatic nitrogens is 1. The van der Waals surface area contributed by atoms with Gasteiger partial charge in [0.15, 0.2) is 0 Å². The van der Waals surface area contributed by atoms with Crippen LogP contribution in [0.4, 0.5) is 0 Å². The second-order valence-electron chi connectivity index (χ2n) is 4.17. The van der Waals surface area contributed by atoms with Gasteiger partial charge in [0, 0.05) is 28.6 Å². The third kappa shape index (κ3) is 3.53. The number of hydrogen-bond acceptors (Lipinski definition) is 3. The molecule has 0 aliphatic carbocycles. The van der Waals surface area contributed by atoms with Gasteiger partial charge in [-0.2, -0.15) is 0 Å².